The minimum Gasteiger partial charge on any atom is -0.480 e. The van der Waals surface area contributed by atoms with Crippen LogP contribution in [-0.2, 0) is 20.7 Å². The molecule has 0 saturated carbocycles. The fraction of sp³-hybridized carbons (Fsp3) is 0.500. The third-order valence-electron chi connectivity index (χ3n) is 3.98. The van der Waals surface area contributed by atoms with Crippen molar-refractivity contribution in [2.75, 3.05) is 6.54 Å². The quantitative estimate of drug-likeness (QED) is 0.856. The number of carboxylic acid groups (broad SMARTS) is 1. The molecule has 1 fully saturated rings. The Balaban J connectivity index is 2.18. The lowest BCUT2D eigenvalue weighted by Crippen LogP contribution is -2.45. The van der Waals surface area contributed by atoms with Crippen molar-refractivity contribution in [1.29, 1.82) is 0 Å². The molecule has 7 nitrogen and oxygen atoms in total. The Morgan fingerprint density at radius 1 is 1.24 bits per heavy atom. The molecule has 136 valence electrons. The van der Waals surface area contributed by atoms with Crippen LogP contribution in [0.4, 0.5) is 4.79 Å². The Kier molecular flexibility index (Phi) is 5.17. The van der Waals surface area contributed by atoms with Crippen molar-refractivity contribution in [3.05, 3.63) is 35.9 Å². The average molecular weight is 349 g/mol. The molecule has 0 spiro atoms. The molecule has 1 aliphatic rings. The molecule has 1 aromatic rings. The maximum atomic E-state index is 12.5. The Morgan fingerprint density at radius 3 is 2.36 bits per heavy atom. The van der Waals surface area contributed by atoms with Crippen molar-refractivity contribution in [3.8, 4) is 0 Å². The highest BCUT2D eigenvalue weighted by Gasteiger charge is 2.52. The number of nitrogens with zero attached hydrogens (tertiary/aromatic N) is 1. The predicted molar refractivity (Wildman–Crippen MR) is 89.1 cm³/mol. The van der Waals surface area contributed by atoms with Gasteiger partial charge in [-0.3, -0.25) is 9.69 Å². The van der Waals surface area contributed by atoms with Crippen molar-refractivity contribution >= 4 is 17.8 Å². The first-order valence-corrected chi connectivity index (χ1v) is 8.04. The van der Waals surface area contributed by atoms with Crippen LogP contribution in [-0.4, -0.2) is 56.7 Å². The molecule has 0 aliphatic carbocycles. The predicted octanol–water partition coefficient (Wildman–Crippen LogP) is 1.62. The molecule has 2 atom stereocenters. The summed E-state index contributed by atoms with van der Waals surface area (Å²) < 4.78 is 5.19. The number of hydrogen-bond donors (Lipinski definition) is 2. The van der Waals surface area contributed by atoms with Crippen LogP contribution in [0, 0.1) is 0 Å². The van der Waals surface area contributed by atoms with Gasteiger partial charge < -0.3 is 14.9 Å². The van der Waals surface area contributed by atoms with Crippen LogP contribution in [0.25, 0.3) is 0 Å². The van der Waals surface area contributed by atoms with E-state index >= 15 is 0 Å². The molecule has 1 aromatic carbocycles. The highest BCUT2D eigenvalue weighted by molar-refractivity contribution is 5.92. The molecule has 1 aliphatic heterocycles. The van der Waals surface area contributed by atoms with Crippen LogP contribution in [0.3, 0.4) is 0 Å². The van der Waals surface area contributed by atoms with Crippen molar-refractivity contribution in [2.24, 2.45) is 0 Å². The number of hydrogen-bond acceptors (Lipinski definition) is 5. The van der Waals surface area contributed by atoms with Gasteiger partial charge in [-0.05, 0) is 26.3 Å². The maximum absolute atomic E-state index is 12.5. The lowest BCUT2D eigenvalue weighted by molar-refractivity contribution is -0.142. The summed E-state index contributed by atoms with van der Waals surface area (Å²) >= 11 is 0. The zero-order chi connectivity index (χ0) is 18.8. The van der Waals surface area contributed by atoms with E-state index in [4.69, 9.17) is 4.74 Å². The second-order valence-corrected chi connectivity index (χ2v) is 7.28. The second kappa shape index (κ2) is 6.84. The molecule has 25 heavy (non-hydrogen) atoms. The largest absolute Gasteiger partial charge is 0.480 e. The van der Waals surface area contributed by atoms with Crippen LogP contribution >= 0.6 is 0 Å². The highest BCUT2D eigenvalue weighted by Crippen LogP contribution is 2.31. The van der Waals surface area contributed by atoms with Gasteiger partial charge in [0.1, 0.15) is 17.2 Å². The molecule has 0 radical (unpaired) electrons. The summed E-state index contributed by atoms with van der Waals surface area (Å²) in [5.41, 5.74) is -2.01. The third kappa shape index (κ3) is 4.57. The summed E-state index contributed by atoms with van der Waals surface area (Å²) in [7, 11) is 0. The second-order valence-electron chi connectivity index (χ2n) is 7.28. The average Bonchev–Trinajstić information content (AvgIpc) is 2.86. The Morgan fingerprint density at radius 2 is 1.84 bits per heavy atom. The lowest BCUT2D eigenvalue weighted by atomic mass is 9.91. The van der Waals surface area contributed by atoms with Gasteiger partial charge in [0.25, 0.3) is 0 Å². The number of amides is 1. The number of carbonyl (C=O) groups excluding carboxylic acids is 2. The zero-order valence-corrected chi connectivity index (χ0v) is 14.6. The van der Waals surface area contributed by atoms with Gasteiger partial charge in [-0.25, -0.2) is 9.59 Å². The molecule has 7 heteroatoms. The fourth-order valence-electron chi connectivity index (χ4n) is 2.77. The first kappa shape index (κ1) is 18.9. The van der Waals surface area contributed by atoms with E-state index in [1.165, 1.54) is 0 Å². The van der Waals surface area contributed by atoms with Gasteiger partial charge in [0, 0.05) is 12.8 Å². The number of carbonyl (C=O) groups is 3. The molecule has 1 saturated heterocycles. The Hall–Kier alpha value is -2.41. The molecular weight excluding hydrogens is 326 g/mol. The zero-order valence-electron chi connectivity index (χ0n) is 14.6. The smallest absolute Gasteiger partial charge is 0.411 e. The summed E-state index contributed by atoms with van der Waals surface area (Å²) in [6, 6.07) is 7.54. The maximum Gasteiger partial charge on any atom is 0.411 e. The standard InChI is InChI=1S/C18H23NO6/c1-17(2,3)25-16(23)19-11-18(24,10-13(19)15(21)22)14(20)9-12-7-5-4-6-8-12/h4-8,13,24H,9-11H2,1-3H3,(H,21,22)/t13-,18?/m0/s1. The van der Waals surface area contributed by atoms with E-state index in [0.717, 1.165) is 4.90 Å². The minimum atomic E-state index is -1.91. The summed E-state index contributed by atoms with van der Waals surface area (Å²) in [6.45, 7) is 4.57. The summed E-state index contributed by atoms with van der Waals surface area (Å²) in [6.07, 6.45) is -1.25. The molecule has 1 unspecified atom stereocenters. The molecule has 2 N–H and O–H groups in total. The monoisotopic (exact) mass is 349 g/mol. The van der Waals surface area contributed by atoms with Gasteiger partial charge in [-0.2, -0.15) is 0 Å². The van der Waals surface area contributed by atoms with Crippen LogP contribution in [0.1, 0.15) is 32.8 Å². The third-order valence-corrected chi connectivity index (χ3v) is 3.98. The van der Waals surface area contributed by atoms with Crippen molar-refractivity contribution in [1.82, 2.24) is 4.90 Å². The van der Waals surface area contributed by atoms with Gasteiger partial charge in [-0.15, -0.1) is 0 Å². The Bertz CT molecular complexity index is 666. The number of aliphatic carboxylic acids is 1. The molecule has 0 bridgehead atoms. The number of aliphatic hydroxyl groups is 1. The van der Waals surface area contributed by atoms with E-state index < -0.39 is 41.6 Å². The van der Waals surface area contributed by atoms with Gasteiger partial charge in [0.15, 0.2) is 5.78 Å². The highest BCUT2D eigenvalue weighted by atomic mass is 16.6. The van der Waals surface area contributed by atoms with Gasteiger partial charge in [0.05, 0.1) is 6.54 Å². The SMILES string of the molecule is CC(C)(C)OC(=O)N1CC(O)(C(=O)Cc2ccccc2)C[C@H]1C(=O)O. The van der Waals surface area contributed by atoms with E-state index in [9.17, 15) is 24.6 Å². The molecule has 1 heterocycles. The van der Waals surface area contributed by atoms with Crippen LogP contribution in [0.15, 0.2) is 30.3 Å². The topological polar surface area (TPSA) is 104 Å². The van der Waals surface area contributed by atoms with Crippen molar-refractivity contribution in [2.45, 2.75) is 50.9 Å². The van der Waals surface area contributed by atoms with Crippen LogP contribution < -0.4 is 0 Å². The molecular formula is C18H23NO6. The van der Waals surface area contributed by atoms with Gasteiger partial charge in [0.2, 0.25) is 0 Å². The van der Waals surface area contributed by atoms with Gasteiger partial charge >= 0.3 is 12.1 Å². The number of Topliss-reactive ketones (excluding diaryl/α,β-unsaturated/α-hetero) is 1. The fourth-order valence-corrected chi connectivity index (χ4v) is 2.77. The number of benzene rings is 1. The molecule has 2 rings (SSSR count). The normalized spacial score (nSPS) is 23.4. The first-order chi connectivity index (χ1) is 11.5. The van der Waals surface area contributed by atoms with E-state index in [1.807, 2.05) is 6.07 Å². The van der Waals surface area contributed by atoms with Gasteiger partial charge in [-0.1, -0.05) is 30.3 Å². The van der Waals surface area contributed by atoms with E-state index in [0.29, 0.717) is 5.56 Å². The number of ketones is 1. The number of likely N-dealkylation sites (tertiary alicyclic amines) is 1. The van der Waals surface area contributed by atoms with Crippen LogP contribution in [0.2, 0.25) is 0 Å². The van der Waals surface area contributed by atoms with E-state index in [-0.39, 0.29) is 12.8 Å². The number of β-amino-alcohol motifs (C(OH)–C–C–N with tert-alkyl or cyclic N) is 1. The number of rotatable bonds is 4. The minimum absolute atomic E-state index is 0.0359. The first-order valence-electron chi connectivity index (χ1n) is 8.04. The van der Waals surface area contributed by atoms with Crippen LogP contribution in [0.5, 0.6) is 0 Å². The summed E-state index contributed by atoms with van der Waals surface area (Å²) in [5.74, 6) is -1.80. The lowest BCUT2D eigenvalue weighted by Gasteiger charge is -2.27. The van der Waals surface area contributed by atoms with E-state index in [2.05, 4.69) is 0 Å². The number of ether oxygens (including phenoxy) is 1. The Labute approximate surface area is 146 Å². The molecule has 1 amide bonds. The van der Waals surface area contributed by atoms with Crippen molar-refractivity contribution in [3.63, 3.8) is 0 Å². The molecule has 0 aromatic heterocycles. The van der Waals surface area contributed by atoms with E-state index in [1.54, 1.807) is 45.0 Å². The summed E-state index contributed by atoms with van der Waals surface area (Å²) in [5, 5.41) is 20.1. The number of carboxylic acids is 1. The van der Waals surface area contributed by atoms with Crippen molar-refractivity contribution < 1.29 is 29.3 Å². The summed E-state index contributed by atoms with van der Waals surface area (Å²) in [4.78, 5) is 37.2.